The van der Waals surface area contributed by atoms with Crippen LogP contribution in [0.4, 0.5) is 0 Å². The topological polar surface area (TPSA) is 57.9 Å². The summed E-state index contributed by atoms with van der Waals surface area (Å²) in [6.07, 6.45) is 1.29. The molecule has 1 saturated heterocycles. The molecule has 2 atom stereocenters. The van der Waals surface area contributed by atoms with Gasteiger partial charge in [-0.1, -0.05) is 30.3 Å². The predicted molar refractivity (Wildman–Crippen MR) is 61.6 cm³/mol. The molecular weight excluding hydrogens is 222 g/mol. The summed E-state index contributed by atoms with van der Waals surface area (Å²) in [6.45, 7) is 0. The summed E-state index contributed by atoms with van der Waals surface area (Å²) in [5.74, 6) is -0.295. The van der Waals surface area contributed by atoms with Crippen molar-refractivity contribution in [1.82, 2.24) is 0 Å². The molecule has 0 spiro atoms. The molecule has 0 aromatic heterocycles. The molecule has 0 amide bonds. The number of nitrogens with zero attached hydrogens (tertiary/aromatic N) is 1. The number of hydrogen-bond acceptors (Lipinski definition) is 3. The lowest BCUT2D eigenvalue weighted by Gasteiger charge is -2.15. The molecule has 1 aliphatic rings. The average molecular weight is 235 g/mol. The van der Waals surface area contributed by atoms with Crippen LogP contribution in [0.25, 0.3) is 0 Å². The Labute approximate surface area is 95.6 Å². The maximum atomic E-state index is 11.8. The second kappa shape index (κ2) is 4.26. The van der Waals surface area contributed by atoms with E-state index in [4.69, 9.17) is 5.26 Å². The average Bonchev–Trinajstić information content (AvgIpc) is 2.62. The highest BCUT2D eigenvalue weighted by atomic mass is 32.2. The smallest absolute Gasteiger partial charge is 0.154 e. The molecule has 0 N–H and O–H groups in total. The molecule has 3 nitrogen and oxygen atoms in total. The van der Waals surface area contributed by atoms with Crippen LogP contribution < -0.4 is 0 Å². The van der Waals surface area contributed by atoms with Gasteiger partial charge in [0.1, 0.15) is 0 Å². The Kier molecular flexibility index (Phi) is 2.97. The van der Waals surface area contributed by atoms with E-state index >= 15 is 0 Å². The monoisotopic (exact) mass is 235 g/mol. The molecule has 0 aliphatic carbocycles. The summed E-state index contributed by atoms with van der Waals surface area (Å²) < 4.78 is 23.6. The molecule has 4 heteroatoms. The van der Waals surface area contributed by atoms with Crippen LogP contribution in [0, 0.1) is 11.3 Å². The van der Waals surface area contributed by atoms with E-state index < -0.39 is 21.0 Å². The zero-order valence-corrected chi connectivity index (χ0v) is 9.65. The summed E-state index contributed by atoms with van der Waals surface area (Å²) in [5, 5.41) is 8.64. The molecule has 1 aliphatic heterocycles. The van der Waals surface area contributed by atoms with Crippen molar-refractivity contribution in [3.05, 3.63) is 35.9 Å². The van der Waals surface area contributed by atoms with Gasteiger partial charge in [0.2, 0.25) is 0 Å². The van der Waals surface area contributed by atoms with Crippen LogP contribution in [0.3, 0.4) is 0 Å². The summed E-state index contributed by atoms with van der Waals surface area (Å²) in [7, 11) is -3.07. The second-order valence-corrected chi connectivity index (χ2v) is 6.40. The Morgan fingerprint density at radius 1 is 1.31 bits per heavy atom. The standard InChI is InChI=1S/C12H13NO2S/c13-9-11(10-5-2-1-3-6-10)12-7-4-8-16(12,14)15/h1-3,5-6,11-12H,4,7-8H2. The van der Waals surface area contributed by atoms with Crippen molar-refractivity contribution in [2.75, 3.05) is 5.75 Å². The van der Waals surface area contributed by atoms with Gasteiger partial charge in [0.05, 0.1) is 23.0 Å². The Hall–Kier alpha value is -1.34. The first-order valence-corrected chi connectivity index (χ1v) is 7.03. The van der Waals surface area contributed by atoms with E-state index in [1.54, 1.807) is 0 Å². The fourth-order valence-electron chi connectivity index (χ4n) is 2.22. The van der Waals surface area contributed by atoms with Crippen molar-refractivity contribution < 1.29 is 8.42 Å². The first-order valence-electron chi connectivity index (χ1n) is 5.31. The highest BCUT2D eigenvalue weighted by Crippen LogP contribution is 2.32. The van der Waals surface area contributed by atoms with Gasteiger partial charge in [0.25, 0.3) is 0 Å². The van der Waals surface area contributed by atoms with Gasteiger partial charge in [-0.25, -0.2) is 8.42 Å². The van der Waals surface area contributed by atoms with Crippen LogP contribution in [0.15, 0.2) is 30.3 Å². The zero-order chi connectivity index (χ0) is 11.6. The summed E-state index contributed by atoms with van der Waals surface area (Å²) in [4.78, 5) is 0. The molecule has 2 rings (SSSR count). The molecule has 1 aromatic rings. The highest BCUT2D eigenvalue weighted by molar-refractivity contribution is 7.92. The van der Waals surface area contributed by atoms with Crippen LogP contribution in [0.5, 0.6) is 0 Å². The fourth-order valence-corrected chi connectivity index (χ4v) is 4.25. The Morgan fingerprint density at radius 3 is 2.50 bits per heavy atom. The molecule has 16 heavy (non-hydrogen) atoms. The maximum absolute atomic E-state index is 11.8. The minimum absolute atomic E-state index is 0.225. The minimum Gasteiger partial charge on any atom is -0.228 e. The largest absolute Gasteiger partial charge is 0.228 e. The van der Waals surface area contributed by atoms with Crippen LogP contribution >= 0.6 is 0 Å². The third-order valence-electron chi connectivity index (χ3n) is 3.05. The number of sulfone groups is 1. The van der Waals surface area contributed by atoms with E-state index in [1.165, 1.54) is 0 Å². The van der Waals surface area contributed by atoms with Crippen molar-refractivity contribution in [2.45, 2.75) is 24.0 Å². The lowest BCUT2D eigenvalue weighted by molar-refractivity contribution is 0.582. The van der Waals surface area contributed by atoms with Crippen molar-refractivity contribution in [1.29, 1.82) is 5.26 Å². The van der Waals surface area contributed by atoms with Gasteiger partial charge >= 0.3 is 0 Å². The Balaban J connectivity index is 2.36. The van der Waals surface area contributed by atoms with E-state index in [0.29, 0.717) is 12.8 Å². The second-order valence-electron chi connectivity index (χ2n) is 4.07. The molecule has 1 aromatic carbocycles. The van der Waals surface area contributed by atoms with Gasteiger partial charge in [0, 0.05) is 0 Å². The van der Waals surface area contributed by atoms with Crippen LogP contribution in [0.1, 0.15) is 24.3 Å². The predicted octanol–water partition coefficient (Wildman–Crippen LogP) is 1.87. The van der Waals surface area contributed by atoms with E-state index in [2.05, 4.69) is 6.07 Å². The summed E-state index contributed by atoms with van der Waals surface area (Å²) in [5.41, 5.74) is 0.806. The first kappa shape index (κ1) is 11.2. The van der Waals surface area contributed by atoms with E-state index in [1.807, 2.05) is 30.3 Å². The molecule has 0 saturated carbocycles. The number of benzene rings is 1. The molecular formula is C12H13NO2S. The van der Waals surface area contributed by atoms with Gasteiger partial charge in [-0.15, -0.1) is 0 Å². The van der Waals surface area contributed by atoms with Crippen molar-refractivity contribution in [3.63, 3.8) is 0 Å². The van der Waals surface area contributed by atoms with Gasteiger partial charge in [0.15, 0.2) is 9.84 Å². The van der Waals surface area contributed by atoms with Crippen LogP contribution in [-0.4, -0.2) is 19.4 Å². The molecule has 1 fully saturated rings. The quantitative estimate of drug-likeness (QED) is 0.786. The molecule has 0 radical (unpaired) electrons. The fraction of sp³-hybridized carbons (Fsp3) is 0.417. The Bertz CT molecular complexity index is 502. The van der Waals surface area contributed by atoms with Crippen molar-refractivity contribution in [2.24, 2.45) is 0 Å². The lowest BCUT2D eigenvalue weighted by Crippen LogP contribution is -2.23. The number of hydrogen-bond donors (Lipinski definition) is 0. The molecule has 1 heterocycles. The zero-order valence-electron chi connectivity index (χ0n) is 8.83. The van der Waals surface area contributed by atoms with Crippen molar-refractivity contribution >= 4 is 9.84 Å². The van der Waals surface area contributed by atoms with E-state index in [0.717, 1.165) is 5.56 Å². The van der Waals surface area contributed by atoms with E-state index in [9.17, 15) is 8.42 Å². The Morgan fingerprint density at radius 2 is 2.00 bits per heavy atom. The van der Waals surface area contributed by atoms with Gasteiger partial charge in [-0.05, 0) is 18.4 Å². The normalized spacial score (nSPS) is 24.8. The summed E-state index contributed by atoms with van der Waals surface area (Å²) >= 11 is 0. The molecule has 2 unspecified atom stereocenters. The van der Waals surface area contributed by atoms with Gasteiger partial charge in [-0.2, -0.15) is 5.26 Å². The highest BCUT2D eigenvalue weighted by Gasteiger charge is 2.38. The first-order chi connectivity index (χ1) is 7.65. The number of nitriles is 1. The maximum Gasteiger partial charge on any atom is 0.154 e. The van der Waals surface area contributed by atoms with Gasteiger partial charge < -0.3 is 0 Å². The van der Waals surface area contributed by atoms with Crippen molar-refractivity contribution in [3.8, 4) is 6.07 Å². The molecule has 0 bridgehead atoms. The van der Waals surface area contributed by atoms with Crippen LogP contribution in [-0.2, 0) is 9.84 Å². The SMILES string of the molecule is N#CC(c1ccccc1)C1CCCS1(=O)=O. The van der Waals surface area contributed by atoms with Crippen LogP contribution in [0.2, 0.25) is 0 Å². The molecule has 84 valence electrons. The lowest BCUT2D eigenvalue weighted by atomic mass is 9.95. The minimum atomic E-state index is -3.07. The van der Waals surface area contributed by atoms with E-state index in [-0.39, 0.29) is 5.75 Å². The van der Waals surface area contributed by atoms with Gasteiger partial charge in [-0.3, -0.25) is 0 Å². The number of rotatable bonds is 2. The third-order valence-corrected chi connectivity index (χ3v) is 5.34. The third kappa shape index (κ3) is 1.96. The summed E-state index contributed by atoms with van der Waals surface area (Å²) in [6, 6.07) is 11.3.